The van der Waals surface area contributed by atoms with E-state index in [4.69, 9.17) is 0 Å². The number of hydrogen-bond donors (Lipinski definition) is 1. The van der Waals surface area contributed by atoms with E-state index in [1.165, 1.54) is 51.7 Å². The van der Waals surface area contributed by atoms with Crippen LogP contribution >= 0.6 is 0 Å². The quantitative estimate of drug-likeness (QED) is 0.635. The summed E-state index contributed by atoms with van der Waals surface area (Å²) in [6, 6.07) is 0. The van der Waals surface area contributed by atoms with Crippen molar-refractivity contribution in [1.82, 2.24) is 10.2 Å². The zero-order chi connectivity index (χ0) is 8.23. The van der Waals surface area contributed by atoms with Gasteiger partial charge in [0.15, 0.2) is 0 Å². The summed E-state index contributed by atoms with van der Waals surface area (Å²) < 4.78 is 0. The highest BCUT2D eigenvalue weighted by molar-refractivity contribution is 4.84. The molecule has 0 aromatic carbocycles. The summed E-state index contributed by atoms with van der Waals surface area (Å²) in [6.07, 6.45) is 9.84. The lowest BCUT2D eigenvalue weighted by Crippen LogP contribution is -2.50. The average molecular weight is 167 g/mol. The minimum absolute atomic E-state index is 0.666. The minimum atomic E-state index is 0.666. The van der Waals surface area contributed by atoms with E-state index in [1.807, 2.05) is 0 Å². The summed E-state index contributed by atoms with van der Waals surface area (Å²) in [5.41, 5.74) is 0. The molecule has 1 N–H and O–H groups in total. The fourth-order valence-corrected chi connectivity index (χ4v) is 2.22. The van der Waals surface area contributed by atoms with Crippen molar-refractivity contribution in [2.75, 3.05) is 19.6 Å². The largest absolute Gasteiger partial charge is 0.302 e. The van der Waals surface area contributed by atoms with Crippen molar-refractivity contribution in [3.63, 3.8) is 0 Å². The van der Waals surface area contributed by atoms with Crippen molar-refractivity contribution < 1.29 is 0 Å². The molecule has 0 amide bonds. The first kappa shape index (κ1) is 8.52. The van der Waals surface area contributed by atoms with Crippen molar-refractivity contribution in [2.45, 2.75) is 38.3 Å². The number of piperidine rings is 2. The Morgan fingerprint density at radius 2 is 2.00 bits per heavy atom. The van der Waals surface area contributed by atoms with Crippen LogP contribution in [0.2, 0.25) is 0 Å². The van der Waals surface area contributed by atoms with Gasteiger partial charge >= 0.3 is 0 Å². The average Bonchev–Trinajstić information content (AvgIpc) is 2.21. The van der Waals surface area contributed by atoms with E-state index in [9.17, 15) is 0 Å². The van der Waals surface area contributed by atoms with E-state index < -0.39 is 0 Å². The van der Waals surface area contributed by atoms with Crippen LogP contribution in [0.25, 0.3) is 0 Å². The lowest BCUT2D eigenvalue weighted by molar-refractivity contribution is 0.126. The van der Waals surface area contributed by atoms with Gasteiger partial charge in [-0.1, -0.05) is 6.42 Å². The zero-order valence-corrected chi connectivity index (χ0v) is 7.76. The van der Waals surface area contributed by atoms with E-state index in [2.05, 4.69) is 16.6 Å². The summed E-state index contributed by atoms with van der Waals surface area (Å²) in [7, 11) is 0. The molecule has 0 bridgehead atoms. The predicted molar refractivity (Wildman–Crippen MR) is 50.7 cm³/mol. The van der Waals surface area contributed by atoms with E-state index in [0.29, 0.717) is 6.17 Å². The highest BCUT2D eigenvalue weighted by atomic mass is 15.3. The Bertz CT molecular complexity index is 108. The highest BCUT2D eigenvalue weighted by Crippen LogP contribution is 2.16. The number of rotatable bonds is 1. The third kappa shape index (κ3) is 1.99. The minimum Gasteiger partial charge on any atom is -0.302 e. The second kappa shape index (κ2) is 4.24. The second-order valence-electron chi connectivity index (χ2n) is 3.88. The standard InChI is InChI=1S/C10H19N2/c1-4-8-12(9-5-1)10-6-2-3-7-11-10/h2,10-11H,1,3-9H2. The third-order valence-electron chi connectivity index (χ3n) is 2.95. The fraction of sp³-hybridized carbons (Fsp3) is 0.900. The molecular formula is C10H19N2. The van der Waals surface area contributed by atoms with Crippen LogP contribution in [0.4, 0.5) is 0 Å². The van der Waals surface area contributed by atoms with Crippen molar-refractivity contribution in [3.05, 3.63) is 6.42 Å². The SMILES string of the molecule is [CH]1CCNC(N2CCCCC2)C1. The van der Waals surface area contributed by atoms with E-state index in [1.54, 1.807) is 0 Å². The molecule has 0 aliphatic carbocycles. The van der Waals surface area contributed by atoms with Crippen LogP contribution in [0.1, 0.15) is 32.1 Å². The van der Waals surface area contributed by atoms with Crippen LogP contribution in [-0.4, -0.2) is 30.7 Å². The van der Waals surface area contributed by atoms with Gasteiger partial charge in [-0.3, -0.25) is 4.90 Å². The molecule has 2 rings (SSSR count). The molecule has 69 valence electrons. The maximum Gasteiger partial charge on any atom is 0.0599 e. The van der Waals surface area contributed by atoms with Gasteiger partial charge in [-0.15, -0.1) is 0 Å². The van der Waals surface area contributed by atoms with E-state index in [-0.39, 0.29) is 0 Å². The molecule has 12 heavy (non-hydrogen) atoms. The van der Waals surface area contributed by atoms with Gasteiger partial charge in [0.1, 0.15) is 0 Å². The molecule has 0 aromatic heterocycles. The van der Waals surface area contributed by atoms with Gasteiger partial charge in [-0.2, -0.15) is 0 Å². The van der Waals surface area contributed by atoms with Crippen LogP contribution < -0.4 is 5.32 Å². The Kier molecular flexibility index (Phi) is 3.01. The molecule has 0 saturated carbocycles. The van der Waals surface area contributed by atoms with Crippen molar-refractivity contribution >= 4 is 0 Å². The Balaban J connectivity index is 1.80. The molecule has 0 aromatic rings. The first-order valence-corrected chi connectivity index (χ1v) is 5.26. The molecule has 2 aliphatic heterocycles. The van der Waals surface area contributed by atoms with Gasteiger partial charge in [0.2, 0.25) is 0 Å². The Morgan fingerprint density at radius 1 is 1.17 bits per heavy atom. The number of hydrogen-bond acceptors (Lipinski definition) is 2. The molecule has 2 heterocycles. The van der Waals surface area contributed by atoms with Gasteiger partial charge in [0.25, 0.3) is 0 Å². The molecular weight excluding hydrogens is 148 g/mol. The van der Waals surface area contributed by atoms with Crippen LogP contribution in [0.5, 0.6) is 0 Å². The third-order valence-corrected chi connectivity index (χ3v) is 2.95. The van der Waals surface area contributed by atoms with Crippen molar-refractivity contribution in [2.24, 2.45) is 0 Å². The smallest absolute Gasteiger partial charge is 0.0599 e. The van der Waals surface area contributed by atoms with Crippen LogP contribution in [0.3, 0.4) is 0 Å². The highest BCUT2D eigenvalue weighted by Gasteiger charge is 2.21. The molecule has 2 heteroatoms. The first-order chi connectivity index (χ1) is 5.97. The van der Waals surface area contributed by atoms with Gasteiger partial charge in [-0.25, -0.2) is 0 Å². The fourth-order valence-electron chi connectivity index (χ4n) is 2.22. The predicted octanol–water partition coefficient (Wildman–Crippen LogP) is 1.39. The lowest BCUT2D eigenvalue weighted by atomic mass is 10.1. The molecule has 1 atom stereocenters. The van der Waals surface area contributed by atoms with Crippen molar-refractivity contribution in [1.29, 1.82) is 0 Å². The topological polar surface area (TPSA) is 15.3 Å². The van der Waals surface area contributed by atoms with Gasteiger partial charge in [0, 0.05) is 0 Å². The summed E-state index contributed by atoms with van der Waals surface area (Å²) in [5.74, 6) is 0. The van der Waals surface area contributed by atoms with Crippen LogP contribution in [0.15, 0.2) is 0 Å². The molecule has 2 fully saturated rings. The Hall–Kier alpha value is -0.0800. The Labute approximate surface area is 75.3 Å². The Morgan fingerprint density at radius 3 is 2.67 bits per heavy atom. The number of nitrogens with zero attached hydrogens (tertiary/aromatic N) is 1. The molecule has 2 aliphatic rings. The molecule has 0 spiro atoms. The van der Waals surface area contributed by atoms with E-state index in [0.717, 1.165) is 0 Å². The number of nitrogens with one attached hydrogen (secondary N) is 1. The van der Waals surface area contributed by atoms with E-state index >= 15 is 0 Å². The van der Waals surface area contributed by atoms with Gasteiger partial charge in [-0.05, 0) is 51.7 Å². The van der Waals surface area contributed by atoms with Crippen molar-refractivity contribution in [3.8, 4) is 0 Å². The maximum absolute atomic E-state index is 3.58. The molecule has 2 saturated heterocycles. The first-order valence-electron chi connectivity index (χ1n) is 5.26. The summed E-state index contributed by atoms with van der Waals surface area (Å²) in [4.78, 5) is 2.61. The summed E-state index contributed by atoms with van der Waals surface area (Å²) in [5, 5.41) is 3.58. The molecule has 1 unspecified atom stereocenters. The summed E-state index contributed by atoms with van der Waals surface area (Å²) in [6.45, 7) is 3.80. The van der Waals surface area contributed by atoms with Gasteiger partial charge in [0.05, 0.1) is 6.17 Å². The lowest BCUT2D eigenvalue weighted by Gasteiger charge is -2.37. The zero-order valence-electron chi connectivity index (χ0n) is 7.76. The molecule has 2 nitrogen and oxygen atoms in total. The van der Waals surface area contributed by atoms with Crippen LogP contribution in [-0.2, 0) is 0 Å². The van der Waals surface area contributed by atoms with Gasteiger partial charge < -0.3 is 5.32 Å². The monoisotopic (exact) mass is 167 g/mol. The van der Waals surface area contributed by atoms with Crippen LogP contribution in [0, 0.1) is 6.42 Å². The second-order valence-corrected chi connectivity index (χ2v) is 3.88. The normalized spacial score (nSPS) is 33.5. The maximum atomic E-state index is 3.58. The number of likely N-dealkylation sites (tertiary alicyclic amines) is 1. The summed E-state index contributed by atoms with van der Waals surface area (Å²) >= 11 is 0. The molecule has 1 radical (unpaired) electrons.